The van der Waals surface area contributed by atoms with E-state index in [1.54, 1.807) is 0 Å². The van der Waals surface area contributed by atoms with E-state index in [2.05, 4.69) is 39.5 Å². The molecule has 1 saturated heterocycles. The zero-order chi connectivity index (χ0) is 19.5. The normalized spacial score (nSPS) is 15.6. The maximum Gasteiger partial charge on any atom is 0.0455 e. The molecule has 0 bridgehead atoms. The molecule has 1 rings (SSSR count). The largest absolute Gasteiger partial charge is 0.318 e. The van der Waals surface area contributed by atoms with Crippen LogP contribution in [0.3, 0.4) is 0 Å². The molecule has 0 atom stereocenters. The van der Waals surface area contributed by atoms with Gasteiger partial charge in [0.25, 0.3) is 0 Å². The van der Waals surface area contributed by atoms with Crippen molar-refractivity contribution in [3.8, 4) is 0 Å². The molecule has 0 aromatic carbocycles. The topological polar surface area (TPSA) is 29.3 Å². The van der Waals surface area contributed by atoms with Crippen molar-refractivity contribution in [2.45, 2.75) is 113 Å². The van der Waals surface area contributed by atoms with Crippen molar-refractivity contribution in [2.75, 3.05) is 19.8 Å². The summed E-state index contributed by atoms with van der Waals surface area (Å²) in [4.78, 5) is 2.33. The Morgan fingerprint density at radius 1 is 0.880 bits per heavy atom. The third kappa shape index (κ3) is 17.1. The van der Waals surface area contributed by atoms with Crippen LogP contribution in [0.15, 0.2) is 0 Å². The highest BCUT2D eigenvalue weighted by atomic mass is 15.2. The highest BCUT2D eigenvalue weighted by molar-refractivity contribution is 4.69. The molecule has 2 heteroatoms. The van der Waals surface area contributed by atoms with Crippen LogP contribution in [-0.4, -0.2) is 24.7 Å². The van der Waals surface area contributed by atoms with Gasteiger partial charge < -0.3 is 5.73 Å². The molecule has 0 radical (unpaired) electrons. The van der Waals surface area contributed by atoms with Crippen molar-refractivity contribution in [3.05, 3.63) is 0 Å². The van der Waals surface area contributed by atoms with Crippen LogP contribution in [0.4, 0.5) is 0 Å². The van der Waals surface area contributed by atoms with E-state index in [9.17, 15) is 0 Å². The molecule has 0 amide bonds. The Kier molecular flexibility index (Phi) is 22.0. The predicted molar refractivity (Wildman–Crippen MR) is 117 cm³/mol. The first-order chi connectivity index (χ1) is 12.1. The molecule has 1 fully saturated rings. The lowest BCUT2D eigenvalue weighted by Crippen LogP contribution is -2.37. The maximum absolute atomic E-state index is 5.52. The lowest BCUT2D eigenvalue weighted by molar-refractivity contribution is 0.186. The van der Waals surface area contributed by atoms with Crippen LogP contribution in [-0.2, 0) is 0 Å². The minimum Gasteiger partial charge on any atom is -0.318 e. The van der Waals surface area contributed by atoms with Gasteiger partial charge in [0.2, 0.25) is 0 Å². The summed E-state index contributed by atoms with van der Waals surface area (Å²) >= 11 is 0. The molecule has 0 aliphatic carbocycles. The molecule has 2 N–H and O–H groups in total. The fraction of sp³-hybridized carbons (Fsp3) is 1.00. The second-order valence-corrected chi connectivity index (χ2v) is 7.92. The van der Waals surface area contributed by atoms with Crippen LogP contribution >= 0.6 is 0 Å². The lowest BCUT2D eigenvalue weighted by atomic mass is 9.91. The van der Waals surface area contributed by atoms with E-state index < -0.39 is 0 Å². The Hall–Kier alpha value is -0.0800. The van der Waals surface area contributed by atoms with Crippen LogP contribution in [0, 0.1) is 17.8 Å². The number of likely N-dealkylation sites (tertiary alicyclic amines) is 1. The third-order valence-corrected chi connectivity index (χ3v) is 5.33. The van der Waals surface area contributed by atoms with Crippen molar-refractivity contribution in [3.63, 3.8) is 0 Å². The van der Waals surface area contributed by atoms with E-state index in [0.717, 1.165) is 24.4 Å². The van der Waals surface area contributed by atoms with Crippen molar-refractivity contribution in [1.29, 1.82) is 0 Å². The standard InChI is InChI=1S/C13H28.C8H18N2.C2H6/c1-5-8-13(9-6-2)11-7-10-12(3)4;1-2-8-3-5-10(7-9)6-4-8;1-2/h12-13H,5-11H2,1-4H3;8H,2-7,9H2,1H3;1-2H3. The zero-order valence-corrected chi connectivity index (χ0v) is 18.9. The highest BCUT2D eigenvalue weighted by Gasteiger charge is 2.15. The van der Waals surface area contributed by atoms with Crippen LogP contribution in [0.2, 0.25) is 0 Å². The van der Waals surface area contributed by atoms with E-state index >= 15 is 0 Å². The van der Waals surface area contributed by atoms with E-state index in [1.807, 2.05) is 13.8 Å². The van der Waals surface area contributed by atoms with Crippen molar-refractivity contribution in [1.82, 2.24) is 4.90 Å². The summed E-state index contributed by atoms with van der Waals surface area (Å²) in [6.45, 7) is 18.7. The Balaban J connectivity index is 0. The second kappa shape index (κ2) is 20.2. The smallest absolute Gasteiger partial charge is 0.0455 e. The van der Waals surface area contributed by atoms with Crippen LogP contribution in [0.5, 0.6) is 0 Å². The van der Waals surface area contributed by atoms with E-state index in [0.29, 0.717) is 0 Å². The lowest BCUT2D eigenvalue weighted by Gasteiger charge is -2.29. The SMILES string of the molecule is CC.CCC1CCN(CN)CC1.CCCC(CCC)CCCC(C)C. The van der Waals surface area contributed by atoms with E-state index in [1.165, 1.54) is 77.3 Å². The Labute approximate surface area is 161 Å². The summed E-state index contributed by atoms with van der Waals surface area (Å²) in [7, 11) is 0. The molecular formula is C23H52N2. The van der Waals surface area contributed by atoms with Gasteiger partial charge in [-0.1, -0.05) is 99.8 Å². The monoisotopic (exact) mass is 356 g/mol. The van der Waals surface area contributed by atoms with Crippen LogP contribution < -0.4 is 5.73 Å². The minimum absolute atomic E-state index is 0.746. The second-order valence-electron chi connectivity index (χ2n) is 7.92. The number of hydrogen-bond donors (Lipinski definition) is 1. The first kappa shape index (κ1) is 27.1. The van der Waals surface area contributed by atoms with Gasteiger partial charge in [-0.15, -0.1) is 0 Å². The Morgan fingerprint density at radius 2 is 1.40 bits per heavy atom. The molecule has 154 valence electrons. The van der Waals surface area contributed by atoms with Gasteiger partial charge in [-0.3, -0.25) is 4.90 Å². The summed E-state index contributed by atoms with van der Waals surface area (Å²) in [5.74, 6) is 2.89. The van der Waals surface area contributed by atoms with Gasteiger partial charge >= 0.3 is 0 Å². The number of nitrogens with two attached hydrogens (primary N) is 1. The Morgan fingerprint density at radius 3 is 1.76 bits per heavy atom. The molecule has 2 nitrogen and oxygen atoms in total. The van der Waals surface area contributed by atoms with Gasteiger partial charge in [-0.05, 0) is 43.7 Å². The van der Waals surface area contributed by atoms with Gasteiger partial charge in [-0.2, -0.15) is 0 Å². The Bertz CT molecular complexity index is 214. The molecule has 25 heavy (non-hydrogen) atoms. The number of hydrogen-bond acceptors (Lipinski definition) is 2. The molecule has 0 spiro atoms. The average molecular weight is 357 g/mol. The molecule has 1 aliphatic heterocycles. The predicted octanol–water partition coefficient (Wildman–Crippen LogP) is 7.08. The van der Waals surface area contributed by atoms with Gasteiger partial charge in [0.15, 0.2) is 0 Å². The summed E-state index contributed by atoms with van der Waals surface area (Å²) in [6, 6.07) is 0. The molecule has 0 unspecified atom stereocenters. The summed E-state index contributed by atoms with van der Waals surface area (Å²) in [5, 5.41) is 0. The summed E-state index contributed by atoms with van der Waals surface area (Å²) < 4.78 is 0. The summed E-state index contributed by atoms with van der Waals surface area (Å²) in [6.07, 6.45) is 14.0. The number of rotatable bonds is 10. The molecule has 0 aromatic rings. The minimum atomic E-state index is 0.746. The van der Waals surface area contributed by atoms with Gasteiger partial charge in [-0.25, -0.2) is 0 Å². The highest BCUT2D eigenvalue weighted by Crippen LogP contribution is 2.21. The molecule has 0 saturated carbocycles. The molecular weight excluding hydrogens is 304 g/mol. The van der Waals surface area contributed by atoms with Crippen LogP contribution in [0.1, 0.15) is 113 Å². The zero-order valence-electron chi connectivity index (χ0n) is 18.9. The molecule has 1 aliphatic rings. The summed E-state index contributed by atoms with van der Waals surface area (Å²) in [5.41, 5.74) is 5.52. The van der Waals surface area contributed by atoms with Gasteiger partial charge in [0.05, 0.1) is 0 Å². The fourth-order valence-corrected chi connectivity index (χ4v) is 3.64. The quantitative estimate of drug-likeness (QED) is 0.453. The molecule has 0 aromatic heterocycles. The van der Waals surface area contributed by atoms with Crippen molar-refractivity contribution < 1.29 is 0 Å². The maximum atomic E-state index is 5.52. The average Bonchev–Trinajstić information content (AvgIpc) is 2.64. The van der Waals surface area contributed by atoms with E-state index in [-0.39, 0.29) is 0 Å². The third-order valence-electron chi connectivity index (χ3n) is 5.33. The van der Waals surface area contributed by atoms with Gasteiger partial charge in [0, 0.05) is 6.67 Å². The van der Waals surface area contributed by atoms with Crippen LogP contribution in [0.25, 0.3) is 0 Å². The van der Waals surface area contributed by atoms with Gasteiger partial charge in [0.1, 0.15) is 0 Å². The van der Waals surface area contributed by atoms with Crippen molar-refractivity contribution in [2.24, 2.45) is 23.5 Å². The van der Waals surface area contributed by atoms with E-state index in [4.69, 9.17) is 5.73 Å². The first-order valence-electron chi connectivity index (χ1n) is 11.5. The number of piperidine rings is 1. The molecule has 1 heterocycles. The first-order valence-corrected chi connectivity index (χ1v) is 11.5. The fourth-order valence-electron chi connectivity index (χ4n) is 3.64. The number of nitrogens with zero attached hydrogens (tertiary/aromatic N) is 1. The van der Waals surface area contributed by atoms with Crippen molar-refractivity contribution >= 4 is 0 Å².